The zero-order valence-electron chi connectivity index (χ0n) is 34.7. The predicted octanol–water partition coefficient (Wildman–Crippen LogP) is 9.39. The number of hydrogen-bond donors (Lipinski definition) is 4. The van der Waals surface area contributed by atoms with E-state index >= 15 is 0 Å². The highest BCUT2D eigenvalue weighted by atomic mass is 16.7. The fraction of sp³-hybridized carbons (Fsp3) is 0.955. The zero-order chi connectivity index (χ0) is 39.5. The van der Waals surface area contributed by atoms with Gasteiger partial charge in [0.2, 0.25) is 0 Å². The number of esters is 2. The lowest BCUT2D eigenvalue weighted by molar-refractivity contribution is -0.305. The molecule has 1 saturated heterocycles. The first-order valence-corrected chi connectivity index (χ1v) is 22.6. The van der Waals surface area contributed by atoms with Crippen molar-refractivity contribution in [2.45, 2.75) is 250 Å². The molecule has 4 N–H and O–H groups in total. The fourth-order valence-corrected chi connectivity index (χ4v) is 7.13. The number of unbranched alkanes of at least 4 members (excludes halogenated alkanes) is 27. The van der Waals surface area contributed by atoms with E-state index in [1.54, 1.807) is 0 Å². The van der Waals surface area contributed by atoms with Gasteiger partial charge in [-0.15, -0.1) is 0 Å². The first-order valence-electron chi connectivity index (χ1n) is 22.6. The van der Waals surface area contributed by atoms with Crippen LogP contribution in [0.4, 0.5) is 0 Å². The highest BCUT2D eigenvalue weighted by Crippen LogP contribution is 2.23. The third-order valence-electron chi connectivity index (χ3n) is 10.7. The molecule has 0 aromatic rings. The van der Waals surface area contributed by atoms with Crippen LogP contribution < -0.4 is 0 Å². The lowest BCUT2D eigenvalue weighted by atomic mass is 9.99. The highest BCUT2D eigenvalue weighted by molar-refractivity contribution is 5.70. The van der Waals surface area contributed by atoms with Gasteiger partial charge in [0, 0.05) is 12.8 Å². The van der Waals surface area contributed by atoms with Crippen LogP contribution in [0.25, 0.3) is 0 Å². The predicted molar refractivity (Wildman–Crippen MR) is 215 cm³/mol. The van der Waals surface area contributed by atoms with Crippen LogP contribution in [0.15, 0.2) is 0 Å². The SMILES string of the molecule is CCCCCCCCCCCCCCCCCCCCCCCCCCC(=O)OC(COC(=O)CCCCCCC)COC1OC(CO)C(O)C(O)C1O. The average Bonchev–Trinajstić information content (AvgIpc) is 3.17. The van der Waals surface area contributed by atoms with Gasteiger partial charge in [-0.3, -0.25) is 9.59 Å². The van der Waals surface area contributed by atoms with Gasteiger partial charge in [0.1, 0.15) is 31.0 Å². The Bertz CT molecular complexity index is 855. The van der Waals surface area contributed by atoms with E-state index < -0.39 is 49.4 Å². The number of carbonyl (C=O) groups is 2. The Morgan fingerprint density at radius 1 is 0.500 bits per heavy atom. The van der Waals surface area contributed by atoms with E-state index in [0.717, 1.165) is 51.4 Å². The van der Waals surface area contributed by atoms with Gasteiger partial charge in [0.05, 0.1) is 13.2 Å². The first kappa shape index (κ1) is 50.7. The lowest BCUT2D eigenvalue weighted by Gasteiger charge is -2.39. The Morgan fingerprint density at radius 2 is 0.870 bits per heavy atom. The summed E-state index contributed by atoms with van der Waals surface area (Å²) in [7, 11) is 0. The van der Waals surface area contributed by atoms with E-state index in [2.05, 4.69) is 13.8 Å². The van der Waals surface area contributed by atoms with Crippen molar-refractivity contribution in [3.8, 4) is 0 Å². The van der Waals surface area contributed by atoms with Crippen LogP contribution in [-0.4, -0.2) is 89.0 Å². The molecule has 6 atom stereocenters. The van der Waals surface area contributed by atoms with Crippen LogP contribution in [0.1, 0.15) is 213 Å². The summed E-state index contributed by atoms with van der Waals surface area (Å²) in [6.45, 7) is 3.35. The molecule has 54 heavy (non-hydrogen) atoms. The van der Waals surface area contributed by atoms with E-state index in [4.69, 9.17) is 18.9 Å². The topological polar surface area (TPSA) is 152 Å². The largest absolute Gasteiger partial charge is 0.462 e. The van der Waals surface area contributed by atoms with Crippen molar-refractivity contribution in [1.82, 2.24) is 0 Å². The zero-order valence-corrected chi connectivity index (χ0v) is 34.7. The molecule has 10 nitrogen and oxygen atoms in total. The summed E-state index contributed by atoms with van der Waals surface area (Å²) in [5.41, 5.74) is 0. The summed E-state index contributed by atoms with van der Waals surface area (Å²) >= 11 is 0. The summed E-state index contributed by atoms with van der Waals surface area (Å²) in [4.78, 5) is 25.0. The van der Waals surface area contributed by atoms with Crippen LogP contribution in [0.2, 0.25) is 0 Å². The molecule has 0 aliphatic carbocycles. The van der Waals surface area contributed by atoms with Gasteiger partial charge < -0.3 is 39.4 Å². The molecule has 0 amide bonds. The second kappa shape index (κ2) is 36.1. The van der Waals surface area contributed by atoms with E-state index in [1.807, 2.05) is 0 Å². The molecule has 0 bridgehead atoms. The van der Waals surface area contributed by atoms with Crippen LogP contribution in [-0.2, 0) is 28.5 Å². The number of aliphatic hydroxyl groups excluding tert-OH is 4. The molecule has 0 aromatic heterocycles. The van der Waals surface area contributed by atoms with Crippen molar-refractivity contribution in [3.05, 3.63) is 0 Å². The molecule has 0 spiro atoms. The summed E-state index contributed by atoms with van der Waals surface area (Å²) in [6, 6.07) is 0. The normalized spacial score (nSPS) is 20.6. The molecule has 0 aromatic carbocycles. The second-order valence-electron chi connectivity index (χ2n) is 15.9. The molecule has 1 aliphatic rings. The number of hydrogen-bond acceptors (Lipinski definition) is 10. The molecule has 1 heterocycles. The molecule has 1 rings (SSSR count). The van der Waals surface area contributed by atoms with Gasteiger partial charge >= 0.3 is 11.9 Å². The summed E-state index contributed by atoms with van der Waals surface area (Å²) in [5.74, 6) is -0.808. The van der Waals surface area contributed by atoms with Gasteiger partial charge in [-0.2, -0.15) is 0 Å². The molecular formula is C44H84O10. The fourth-order valence-electron chi connectivity index (χ4n) is 7.13. The number of aliphatic hydroxyl groups is 4. The average molecular weight is 773 g/mol. The minimum atomic E-state index is -1.59. The maximum Gasteiger partial charge on any atom is 0.306 e. The Morgan fingerprint density at radius 3 is 1.26 bits per heavy atom. The van der Waals surface area contributed by atoms with E-state index in [0.29, 0.717) is 6.42 Å². The van der Waals surface area contributed by atoms with Crippen molar-refractivity contribution in [2.75, 3.05) is 19.8 Å². The third-order valence-corrected chi connectivity index (χ3v) is 10.7. The third kappa shape index (κ3) is 27.3. The number of ether oxygens (including phenoxy) is 4. The van der Waals surface area contributed by atoms with Gasteiger partial charge in [-0.1, -0.05) is 187 Å². The summed E-state index contributed by atoms with van der Waals surface area (Å²) in [5, 5.41) is 39.9. The minimum absolute atomic E-state index is 0.212. The molecule has 0 saturated carbocycles. The number of carbonyl (C=O) groups excluding carboxylic acids is 2. The second-order valence-corrected chi connectivity index (χ2v) is 15.9. The first-order chi connectivity index (χ1) is 26.3. The van der Waals surface area contributed by atoms with Crippen LogP contribution in [0.3, 0.4) is 0 Å². The van der Waals surface area contributed by atoms with Crippen molar-refractivity contribution in [2.24, 2.45) is 0 Å². The molecular weight excluding hydrogens is 688 g/mol. The summed E-state index contributed by atoms with van der Waals surface area (Å²) < 4.78 is 22.0. The van der Waals surface area contributed by atoms with Gasteiger partial charge in [0.15, 0.2) is 12.4 Å². The quantitative estimate of drug-likeness (QED) is 0.0353. The smallest absolute Gasteiger partial charge is 0.306 e. The Hall–Kier alpha value is -1.30. The van der Waals surface area contributed by atoms with Gasteiger partial charge in [-0.25, -0.2) is 0 Å². The lowest BCUT2D eigenvalue weighted by Crippen LogP contribution is -2.59. The van der Waals surface area contributed by atoms with Crippen LogP contribution >= 0.6 is 0 Å². The molecule has 0 radical (unpaired) electrons. The van der Waals surface area contributed by atoms with Crippen molar-refractivity contribution in [3.63, 3.8) is 0 Å². The standard InChI is InChI=1S/C44H84O10/c1-3-5-7-9-10-11-12-13-14-15-16-17-18-19-20-21-22-23-24-25-26-27-29-31-33-40(47)53-37(35-51-39(46)32-30-28-8-6-4-2)36-52-44-43(50)42(49)41(48)38(34-45)54-44/h37-38,41-45,48-50H,3-36H2,1-2H3. The Balaban J connectivity index is 2.14. The Labute approximate surface area is 329 Å². The molecule has 1 aliphatic heterocycles. The minimum Gasteiger partial charge on any atom is -0.462 e. The highest BCUT2D eigenvalue weighted by Gasteiger charge is 2.44. The Kier molecular flexibility index (Phi) is 33.9. The molecule has 320 valence electrons. The van der Waals surface area contributed by atoms with Crippen LogP contribution in [0, 0.1) is 0 Å². The van der Waals surface area contributed by atoms with E-state index in [1.165, 1.54) is 128 Å². The van der Waals surface area contributed by atoms with Gasteiger partial charge in [0.25, 0.3) is 0 Å². The monoisotopic (exact) mass is 773 g/mol. The van der Waals surface area contributed by atoms with Crippen molar-refractivity contribution in [1.29, 1.82) is 0 Å². The maximum atomic E-state index is 12.7. The molecule has 1 fully saturated rings. The van der Waals surface area contributed by atoms with Gasteiger partial charge in [-0.05, 0) is 12.8 Å². The van der Waals surface area contributed by atoms with E-state index in [9.17, 15) is 30.0 Å². The van der Waals surface area contributed by atoms with Crippen molar-refractivity contribution >= 4 is 11.9 Å². The summed E-state index contributed by atoms with van der Waals surface area (Å²) in [6.07, 6.45) is 28.9. The van der Waals surface area contributed by atoms with Crippen LogP contribution in [0.5, 0.6) is 0 Å². The van der Waals surface area contributed by atoms with Crippen molar-refractivity contribution < 1.29 is 49.0 Å². The van der Waals surface area contributed by atoms with E-state index in [-0.39, 0.29) is 32.0 Å². The molecule has 10 heteroatoms. The maximum absolute atomic E-state index is 12.7. The molecule has 6 unspecified atom stereocenters. The number of rotatable bonds is 38.